The molecule has 0 aliphatic rings. The van der Waals surface area contributed by atoms with Crippen LogP contribution in [0.3, 0.4) is 0 Å². The van der Waals surface area contributed by atoms with Crippen molar-refractivity contribution >= 4 is 0 Å². The van der Waals surface area contributed by atoms with Crippen molar-refractivity contribution in [1.29, 1.82) is 5.26 Å². The summed E-state index contributed by atoms with van der Waals surface area (Å²) in [6.45, 7) is 0. The van der Waals surface area contributed by atoms with Crippen molar-refractivity contribution in [3.8, 4) is 17.3 Å². The zero-order chi connectivity index (χ0) is 10.7. The standard InChI is InChI=1S/C12H7FN2/c13-11-5-1-3-9(7-11)12-10(8-14)4-2-6-15-12/h1-7H. The highest BCUT2D eigenvalue weighted by Gasteiger charge is 2.05. The van der Waals surface area contributed by atoms with Gasteiger partial charge in [0.2, 0.25) is 0 Å². The molecule has 0 saturated carbocycles. The molecule has 72 valence electrons. The first kappa shape index (κ1) is 9.35. The van der Waals surface area contributed by atoms with Crippen molar-refractivity contribution in [3.05, 3.63) is 54.0 Å². The molecule has 1 aromatic heterocycles. The Kier molecular flexibility index (Phi) is 2.42. The van der Waals surface area contributed by atoms with Crippen LogP contribution in [0.5, 0.6) is 0 Å². The predicted octanol–water partition coefficient (Wildman–Crippen LogP) is 2.76. The third kappa shape index (κ3) is 1.84. The molecule has 0 N–H and O–H groups in total. The van der Waals surface area contributed by atoms with Gasteiger partial charge in [-0.1, -0.05) is 12.1 Å². The Morgan fingerprint density at radius 1 is 1.20 bits per heavy atom. The Hall–Kier alpha value is -2.21. The Bertz CT molecular complexity index is 529. The Morgan fingerprint density at radius 3 is 2.80 bits per heavy atom. The third-order valence-electron chi connectivity index (χ3n) is 2.03. The van der Waals surface area contributed by atoms with Crippen molar-refractivity contribution in [2.24, 2.45) is 0 Å². The quantitative estimate of drug-likeness (QED) is 0.706. The second-order valence-corrected chi connectivity index (χ2v) is 3.02. The first-order chi connectivity index (χ1) is 7.31. The fourth-order valence-electron chi connectivity index (χ4n) is 1.36. The van der Waals surface area contributed by atoms with Crippen LogP contribution in [0.25, 0.3) is 11.3 Å². The second kappa shape index (κ2) is 3.89. The molecule has 0 atom stereocenters. The minimum Gasteiger partial charge on any atom is -0.255 e. The lowest BCUT2D eigenvalue weighted by molar-refractivity contribution is 0.628. The molecule has 0 radical (unpaired) electrons. The highest BCUT2D eigenvalue weighted by Crippen LogP contribution is 2.20. The van der Waals surface area contributed by atoms with Gasteiger partial charge < -0.3 is 0 Å². The number of rotatable bonds is 1. The van der Waals surface area contributed by atoms with Gasteiger partial charge in [0.15, 0.2) is 0 Å². The molecule has 3 heteroatoms. The first-order valence-electron chi connectivity index (χ1n) is 4.42. The number of hydrogen-bond donors (Lipinski definition) is 0. The van der Waals surface area contributed by atoms with Gasteiger partial charge in [-0.3, -0.25) is 4.98 Å². The van der Waals surface area contributed by atoms with E-state index < -0.39 is 0 Å². The largest absolute Gasteiger partial charge is 0.255 e. The number of halogens is 1. The lowest BCUT2D eigenvalue weighted by Gasteiger charge is -2.02. The number of benzene rings is 1. The van der Waals surface area contributed by atoms with Gasteiger partial charge in [0.1, 0.15) is 11.9 Å². The van der Waals surface area contributed by atoms with Gasteiger partial charge in [-0.15, -0.1) is 0 Å². The van der Waals surface area contributed by atoms with Crippen molar-refractivity contribution in [2.45, 2.75) is 0 Å². The average molecular weight is 198 g/mol. The zero-order valence-corrected chi connectivity index (χ0v) is 7.81. The van der Waals surface area contributed by atoms with Gasteiger partial charge in [-0.2, -0.15) is 5.26 Å². The van der Waals surface area contributed by atoms with Gasteiger partial charge in [0.05, 0.1) is 11.3 Å². The molecule has 0 aliphatic heterocycles. The molecule has 1 heterocycles. The van der Waals surface area contributed by atoms with E-state index in [1.54, 1.807) is 30.5 Å². The molecule has 0 spiro atoms. The van der Waals surface area contributed by atoms with Crippen LogP contribution in [-0.4, -0.2) is 4.98 Å². The SMILES string of the molecule is N#Cc1cccnc1-c1cccc(F)c1. The lowest BCUT2D eigenvalue weighted by atomic mass is 10.1. The predicted molar refractivity (Wildman–Crippen MR) is 54.3 cm³/mol. The van der Waals surface area contributed by atoms with E-state index in [0.717, 1.165) is 0 Å². The molecule has 15 heavy (non-hydrogen) atoms. The Labute approximate surface area is 86.6 Å². The maximum atomic E-state index is 13.0. The zero-order valence-electron chi connectivity index (χ0n) is 7.81. The van der Waals surface area contributed by atoms with Gasteiger partial charge in [0, 0.05) is 11.8 Å². The molecule has 0 aliphatic carbocycles. The summed E-state index contributed by atoms with van der Waals surface area (Å²) in [4.78, 5) is 4.07. The molecule has 2 nitrogen and oxygen atoms in total. The molecule has 0 unspecified atom stereocenters. The molecule has 1 aromatic carbocycles. The van der Waals surface area contributed by atoms with Crippen molar-refractivity contribution in [2.75, 3.05) is 0 Å². The van der Waals surface area contributed by atoms with Crippen molar-refractivity contribution in [3.63, 3.8) is 0 Å². The summed E-state index contributed by atoms with van der Waals surface area (Å²) in [6, 6.07) is 11.4. The molecular weight excluding hydrogens is 191 g/mol. The van der Waals surface area contributed by atoms with E-state index in [1.165, 1.54) is 12.1 Å². The number of nitrogens with zero attached hydrogens (tertiary/aromatic N) is 2. The summed E-state index contributed by atoms with van der Waals surface area (Å²) >= 11 is 0. The smallest absolute Gasteiger partial charge is 0.123 e. The first-order valence-corrected chi connectivity index (χ1v) is 4.42. The summed E-state index contributed by atoms with van der Waals surface area (Å²) in [5, 5.41) is 8.87. The van der Waals surface area contributed by atoms with Gasteiger partial charge in [-0.25, -0.2) is 4.39 Å². The van der Waals surface area contributed by atoms with Crippen LogP contribution in [0.4, 0.5) is 4.39 Å². The highest BCUT2D eigenvalue weighted by atomic mass is 19.1. The molecule has 2 aromatic rings. The number of hydrogen-bond acceptors (Lipinski definition) is 2. The summed E-state index contributed by atoms with van der Waals surface area (Å²) < 4.78 is 13.0. The fourth-order valence-corrected chi connectivity index (χ4v) is 1.36. The molecule has 0 amide bonds. The van der Waals surface area contributed by atoms with Crippen LogP contribution >= 0.6 is 0 Å². The third-order valence-corrected chi connectivity index (χ3v) is 2.03. The van der Waals surface area contributed by atoms with Crippen molar-refractivity contribution in [1.82, 2.24) is 4.98 Å². The monoisotopic (exact) mass is 198 g/mol. The fraction of sp³-hybridized carbons (Fsp3) is 0. The summed E-state index contributed by atoms with van der Waals surface area (Å²) in [5.74, 6) is -0.331. The van der Waals surface area contributed by atoms with E-state index >= 15 is 0 Å². The minimum atomic E-state index is -0.331. The van der Waals surface area contributed by atoms with Gasteiger partial charge >= 0.3 is 0 Å². The normalized spacial score (nSPS) is 9.60. The highest BCUT2D eigenvalue weighted by molar-refractivity contribution is 5.66. The van der Waals surface area contributed by atoms with E-state index in [9.17, 15) is 4.39 Å². The Balaban J connectivity index is 2.60. The molecule has 0 saturated heterocycles. The second-order valence-electron chi connectivity index (χ2n) is 3.02. The van der Waals surface area contributed by atoms with Crippen LogP contribution in [0.15, 0.2) is 42.6 Å². The van der Waals surface area contributed by atoms with Crippen LogP contribution in [-0.2, 0) is 0 Å². The molecule has 2 rings (SSSR count). The maximum Gasteiger partial charge on any atom is 0.123 e. The van der Waals surface area contributed by atoms with E-state index in [0.29, 0.717) is 16.8 Å². The number of pyridine rings is 1. The van der Waals surface area contributed by atoms with Crippen LogP contribution in [0.2, 0.25) is 0 Å². The number of nitriles is 1. The van der Waals surface area contributed by atoms with E-state index in [2.05, 4.69) is 4.98 Å². The van der Waals surface area contributed by atoms with E-state index in [-0.39, 0.29) is 5.82 Å². The Morgan fingerprint density at radius 2 is 2.07 bits per heavy atom. The van der Waals surface area contributed by atoms with Crippen LogP contribution < -0.4 is 0 Å². The van der Waals surface area contributed by atoms with Crippen molar-refractivity contribution < 1.29 is 4.39 Å². The molecule has 0 fully saturated rings. The summed E-state index contributed by atoms with van der Waals surface area (Å²) in [5.41, 5.74) is 1.58. The summed E-state index contributed by atoms with van der Waals surface area (Å²) in [7, 11) is 0. The van der Waals surface area contributed by atoms with Crippen LogP contribution in [0, 0.1) is 17.1 Å². The van der Waals surface area contributed by atoms with E-state index in [4.69, 9.17) is 5.26 Å². The molecule has 0 bridgehead atoms. The maximum absolute atomic E-state index is 13.0. The topological polar surface area (TPSA) is 36.7 Å². The van der Waals surface area contributed by atoms with E-state index in [1.807, 2.05) is 6.07 Å². The van der Waals surface area contributed by atoms with Gasteiger partial charge in [-0.05, 0) is 24.3 Å². The number of aromatic nitrogens is 1. The van der Waals surface area contributed by atoms with Gasteiger partial charge in [0.25, 0.3) is 0 Å². The van der Waals surface area contributed by atoms with Crippen LogP contribution in [0.1, 0.15) is 5.56 Å². The lowest BCUT2D eigenvalue weighted by Crippen LogP contribution is -1.88. The molecular formula is C12H7FN2. The minimum absolute atomic E-state index is 0.331. The summed E-state index contributed by atoms with van der Waals surface area (Å²) in [6.07, 6.45) is 1.58. The average Bonchev–Trinajstić information content (AvgIpc) is 2.29.